The van der Waals surface area contributed by atoms with Crippen LogP contribution in [0, 0.1) is 11.2 Å². The lowest BCUT2D eigenvalue weighted by Gasteiger charge is -2.25. The van der Waals surface area contributed by atoms with Gasteiger partial charge in [-0.25, -0.2) is 4.39 Å². The molecular weight excluding hydrogens is 215 g/mol. The molecule has 0 radical (unpaired) electrons. The van der Waals surface area contributed by atoms with Crippen molar-refractivity contribution in [2.75, 3.05) is 23.7 Å². The maximum atomic E-state index is 13.3. The Bertz CT molecular complexity index is 381. The van der Waals surface area contributed by atoms with Crippen molar-refractivity contribution in [2.24, 2.45) is 5.41 Å². The minimum absolute atomic E-state index is 0.247. The molecule has 0 spiro atoms. The second-order valence-corrected chi connectivity index (χ2v) is 5.75. The van der Waals surface area contributed by atoms with E-state index in [-0.39, 0.29) is 5.82 Å². The van der Waals surface area contributed by atoms with Gasteiger partial charge in [-0.05, 0) is 42.9 Å². The molecular formula is C14H21FN2. The Kier molecular flexibility index (Phi) is 3.27. The molecule has 1 fully saturated rings. The SMILES string of the molecule is CC1(C)CCCN(c2cc(N)cc(F)c2)CC1. The molecule has 0 amide bonds. The number of nitrogens with zero attached hydrogens (tertiary/aromatic N) is 1. The van der Waals surface area contributed by atoms with Gasteiger partial charge in [0.05, 0.1) is 0 Å². The highest BCUT2D eigenvalue weighted by Gasteiger charge is 2.23. The van der Waals surface area contributed by atoms with Gasteiger partial charge in [0.1, 0.15) is 5.82 Å². The number of hydrogen-bond acceptors (Lipinski definition) is 2. The lowest BCUT2D eigenvalue weighted by molar-refractivity contribution is 0.325. The minimum atomic E-state index is -0.247. The molecule has 1 saturated heterocycles. The minimum Gasteiger partial charge on any atom is -0.399 e. The van der Waals surface area contributed by atoms with E-state index in [9.17, 15) is 4.39 Å². The average Bonchev–Trinajstić information content (AvgIpc) is 2.38. The molecule has 1 aliphatic rings. The van der Waals surface area contributed by atoms with Crippen molar-refractivity contribution in [2.45, 2.75) is 33.1 Å². The highest BCUT2D eigenvalue weighted by molar-refractivity contribution is 5.56. The van der Waals surface area contributed by atoms with Gasteiger partial charge < -0.3 is 10.6 Å². The molecule has 1 aromatic carbocycles. The molecule has 0 aromatic heterocycles. The van der Waals surface area contributed by atoms with E-state index in [1.54, 1.807) is 6.07 Å². The zero-order valence-corrected chi connectivity index (χ0v) is 10.7. The van der Waals surface area contributed by atoms with Gasteiger partial charge in [0.25, 0.3) is 0 Å². The first-order chi connectivity index (χ1) is 7.96. The largest absolute Gasteiger partial charge is 0.399 e. The third-order valence-corrected chi connectivity index (χ3v) is 3.61. The topological polar surface area (TPSA) is 29.3 Å². The molecule has 1 aliphatic heterocycles. The molecule has 0 bridgehead atoms. The number of rotatable bonds is 1. The van der Waals surface area contributed by atoms with Crippen LogP contribution in [-0.4, -0.2) is 13.1 Å². The van der Waals surface area contributed by atoms with Crippen LogP contribution in [0.25, 0.3) is 0 Å². The Morgan fingerprint density at radius 1 is 1.18 bits per heavy atom. The first-order valence-electron chi connectivity index (χ1n) is 6.27. The van der Waals surface area contributed by atoms with Crippen LogP contribution in [0.4, 0.5) is 15.8 Å². The summed E-state index contributed by atoms with van der Waals surface area (Å²) in [4.78, 5) is 2.24. The Morgan fingerprint density at radius 2 is 1.94 bits per heavy atom. The molecule has 2 rings (SSSR count). The summed E-state index contributed by atoms with van der Waals surface area (Å²) in [6.45, 7) is 6.58. The van der Waals surface area contributed by atoms with E-state index in [4.69, 9.17) is 5.73 Å². The van der Waals surface area contributed by atoms with Crippen molar-refractivity contribution < 1.29 is 4.39 Å². The zero-order valence-electron chi connectivity index (χ0n) is 10.7. The lowest BCUT2D eigenvalue weighted by Crippen LogP contribution is -2.25. The second-order valence-electron chi connectivity index (χ2n) is 5.75. The van der Waals surface area contributed by atoms with Gasteiger partial charge >= 0.3 is 0 Å². The molecule has 94 valence electrons. The molecule has 2 nitrogen and oxygen atoms in total. The van der Waals surface area contributed by atoms with Crippen LogP contribution in [0.3, 0.4) is 0 Å². The summed E-state index contributed by atoms with van der Waals surface area (Å²) >= 11 is 0. The summed E-state index contributed by atoms with van der Waals surface area (Å²) in [5.41, 5.74) is 7.51. The fraction of sp³-hybridized carbons (Fsp3) is 0.571. The Balaban J connectivity index is 2.17. The van der Waals surface area contributed by atoms with Crippen molar-refractivity contribution in [3.05, 3.63) is 24.0 Å². The summed E-state index contributed by atoms with van der Waals surface area (Å²) in [5.74, 6) is -0.247. The molecule has 17 heavy (non-hydrogen) atoms. The molecule has 1 heterocycles. The summed E-state index contributed by atoms with van der Waals surface area (Å²) < 4.78 is 13.3. The molecule has 3 heteroatoms. The first kappa shape index (κ1) is 12.2. The summed E-state index contributed by atoms with van der Waals surface area (Å²) in [6, 6.07) is 4.81. The van der Waals surface area contributed by atoms with Gasteiger partial charge in [0.15, 0.2) is 0 Å². The Labute approximate surface area is 103 Å². The Hall–Kier alpha value is -1.25. The number of halogens is 1. The van der Waals surface area contributed by atoms with E-state index >= 15 is 0 Å². The first-order valence-corrected chi connectivity index (χ1v) is 6.27. The van der Waals surface area contributed by atoms with E-state index in [1.807, 2.05) is 6.07 Å². The van der Waals surface area contributed by atoms with E-state index in [0.717, 1.165) is 31.6 Å². The average molecular weight is 236 g/mol. The van der Waals surface area contributed by atoms with Crippen molar-refractivity contribution in [1.29, 1.82) is 0 Å². The molecule has 0 unspecified atom stereocenters. The predicted molar refractivity (Wildman–Crippen MR) is 70.7 cm³/mol. The standard InChI is InChI=1S/C14H21FN2/c1-14(2)4-3-6-17(7-5-14)13-9-11(15)8-12(16)10-13/h8-10H,3-7,16H2,1-2H3. The molecule has 0 atom stereocenters. The normalized spacial score (nSPS) is 20.1. The van der Waals surface area contributed by atoms with Crippen molar-refractivity contribution in [3.63, 3.8) is 0 Å². The molecule has 0 aliphatic carbocycles. The van der Waals surface area contributed by atoms with Crippen molar-refractivity contribution in [3.8, 4) is 0 Å². The molecule has 1 aromatic rings. The van der Waals surface area contributed by atoms with Gasteiger partial charge in [0.2, 0.25) is 0 Å². The summed E-state index contributed by atoms with van der Waals surface area (Å²) in [7, 11) is 0. The van der Waals surface area contributed by atoms with Gasteiger partial charge in [-0.3, -0.25) is 0 Å². The highest BCUT2D eigenvalue weighted by Crippen LogP contribution is 2.32. The van der Waals surface area contributed by atoms with Crippen molar-refractivity contribution >= 4 is 11.4 Å². The zero-order chi connectivity index (χ0) is 12.5. The maximum Gasteiger partial charge on any atom is 0.127 e. The summed E-state index contributed by atoms with van der Waals surface area (Å²) in [6.07, 6.45) is 3.53. The van der Waals surface area contributed by atoms with Crippen LogP contribution in [0.15, 0.2) is 18.2 Å². The third kappa shape index (κ3) is 3.11. The maximum absolute atomic E-state index is 13.3. The fourth-order valence-corrected chi connectivity index (χ4v) is 2.46. The molecule has 2 N–H and O–H groups in total. The van der Waals surface area contributed by atoms with Crippen LogP contribution in [-0.2, 0) is 0 Å². The van der Waals surface area contributed by atoms with Gasteiger partial charge in [-0.15, -0.1) is 0 Å². The number of benzene rings is 1. The molecule has 0 saturated carbocycles. The second kappa shape index (κ2) is 4.55. The van der Waals surface area contributed by atoms with Crippen LogP contribution in [0.1, 0.15) is 33.1 Å². The van der Waals surface area contributed by atoms with E-state index in [2.05, 4.69) is 18.7 Å². The number of nitrogens with two attached hydrogens (primary N) is 1. The summed E-state index contributed by atoms with van der Waals surface area (Å²) in [5, 5.41) is 0. The van der Waals surface area contributed by atoms with Gasteiger partial charge in [-0.2, -0.15) is 0 Å². The predicted octanol–water partition coefficient (Wildman–Crippen LogP) is 3.42. The van der Waals surface area contributed by atoms with Crippen LogP contribution < -0.4 is 10.6 Å². The van der Waals surface area contributed by atoms with Crippen LogP contribution in [0.2, 0.25) is 0 Å². The van der Waals surface area contributed by atoms with Gasteiger partial charge in [-0.1, -0.05) is 13.8 Å². The smallest absolute Gasteiger partial charge is 0.127 e. The Morgan fingerprint density at radius 3 is 2.65 bits per heavy atom. The number of hydrogen-bond donors (Lipinski definition) is 1. The number of anilines is 2. The van der Waals surface area contributed by atoms with Crippen LogP contribution >= 0.6 is 0 Å². The third-order valence-electron chi connectivity index (χ3n) is 3.61. The fourth-order valence-electron chi connectivity index (χ4n) is 2.46. The van der Waals surface area contributed by atoms with E-state index in [1.165, 1.54) is 12.5 Å². The van der Waals surface area contributed by atoms with Gasteiger partial charge in [0, 0.05) is 24.5 Å². The highest BCUT2D eigenvalue weighted by atomic mass is 19.1. The lowest BCUT2D eigenvalue weighted by atomic mass is 9.85. The monoisotopic (exact) mass is 236 g/mol. The van der Waals surface area contributed by atoms with E-state index < -0.39 is 0 Å². The van der Waals surface area contributed by atoms with Crippen molar-refractivity contribution in [1.82, 2.24) is 0 Å². The number of nitrogen functional groups attached to an aromatic ring is 1. The van der Waals surface area contributed by atoms with Crippen LogP contribution in [0.5, 0.6) is 0 Å². The van der Waals surface area contributed by atoms with E-state index in [0.29, 0.717) is 11.1 Å². The quantitative estimate of drug-likeness (QED) is 0.757.